The molecule has 1 fully saturated rings. The maximum Gasteiger partial charge on any atom is 0.252 e. The second-order valence-corrected chi connectivity index (χ2v) is 9.07. The van der Waals surface area contributed by atoms with Gasteiger partial charge in [0.2, 0.25) is 5.91 Å². The molecule has 8 heteroatoms. The van der Waals surface area contributed by atoms with E-state index < -0.39 is 48.5 Å². The van der Waals surface area contributed by atoms with Gasteiger partial charge in [0, 0.05) is 5.56 Å². The molecule has 1 heterocycles. The third-order valence-corrected chi connectivity index (χ3v) is 5.78. The molecule has 1 aliphatic rings. The van der Waals surface area contributed by atoms with Crippen molar-refractivity contribution in [1.82, 2.24) is 10.6 Å². The third-order valence-electron chi connectivity index (χ3n) is 5.78. The number of ether oxygens (including phenoxy) is 1. The summed E-state index contributed by atoms with van der Waals surface area (Å²) < 4.78 is 5.14. The predicted molar refractivity (Wildman–Crippen MR) is 126 cm³/mol. The van der Waals surface area contributed by atoms with Crippen molar-refractivity contribution >= 4 is 17.6 Å². The van der Waals surface area contributed by atoms with Gasteiger partial charge < -0.3 is 25.6 Å². The van der Waals surface area contributed by atoms with Crippen molar-refractivity contribution in [3.63, 3.8) is 0 Å². The van der Waals surface area contributed by atoms with E-state index in [1.54, 1.807) is 18.2 Å². The van der Waals surface area contributed by atoms with E-state index in [4.69, 9.17) is 4.74 Å². The zero-order chi connectivity index (χ0) is 24.7. The molecule has 0 spiro atoms. The van der Waals surface area contributed by atoms with Crippen molar-refractivity contribution in [3.05, 3.63) is 71.3 Å². The zero-order valence-electron chi connectivity index (χ0n) is 19.5. The maximum absolute atomic E-state index is 12.8. The maximum atomic E-state index is 12.8. The average Bonchev–Trinajstić information content (AvgIpc) is 3.63. The number of carbonyl (C=O) groups is 3. The summed E-state index contributed by atoms with van der Waals surface area (Å²) in [5, 5.41) is 24.4. The van der Waals surface area contributed by atoms with Crippen molar-refractivity contribution in [1.29, 1.82) is 0 Å². The number of hydrogen-bond donors (Lipinski definition) is 4. The highest BCUT2D eigenvalue weighted by Crippen LogP contribution is 2.30. The van der Waals surface area contributed by atoms with Crippen molar-refractivity contribution < 1.29 is 29.3 Å². The second-order valence-electron chi connectivity index (χ2n) is 9.07. The summed E-state index contributed by atoms with van der Waals surface area (Å²) in [5.74, 6) is -1.51. The average molecular weight is 469 g/mol. The topological polar surface area (TPSA) is 128 Å². The van der Waals surface area contributed by atoms with E-state index in [1.165, 1.54) is 0 Å². The Morgan fingerprint density at radius 1 is 0.971 bits per heavy atom. The lowest BCUT2D eigenvalue weighted by Gasteiger charge is -2.24. The lowest BCUT2D eigenvalue weighted by Crippen LogP contribution is -2.55. The third kappa shape index (κ3) is 6.50. The van der Waals surface area contributed by atoms with Crippen LogP contribution >= 0.6 is 0 Å². The van der Waals surface area contributed by atoms with Gasteiger partial charge >= 0.3 is 0 Å². The number of carbonyl (C=O) groups excluding carboxylic acids is 3. The first-order valence-electron chi connectivity index (χ1n) is 11.4. The molecular formula is C26H32N2O6. The van der Waals surface area contributed by atoms with E-state index in [9.17, 15) is 24.6 Å². The van der Waals surface area contributed by atoms with Crippen LogP contribution in [0, 0.1) is 5.92 Å². The molecule has 0 radical (unpaired) electrons. The van der Waals surface area contributed by atoms with Crippen LogP contribution in [0.25, 0.3) is 0 Å². The summed E-state index contributed by atoms with van der Waals surface area (Å²) in [6.07, 6.45) is 0.989. The van der Waals surface area contributed by atoms with Gasteiger partial charge in [-0.2, -0.15) is 0 Å². The summed E-state index contributed by atoms with van der Waals surface area (Å²) >= 11 is 0. The number of Topliss-reactive ketones (excluding diaryl/α,β-unsaturated/α-hetero) is 1. The standard InChI is InChI=1S/C26H32N2O6/c1-17(2)11-21(23(31)26(15-30)16-34-26)27-25(33)22(14-29)28-24(32)20-10-6-9-19(13-20)12-18-7-4-3-5-8-18/h3-10,13,17,21-22,29-30H,11-12,14-16H2,1-2H3,(H,27,33)(H,28,32). The molecule has 0 bridgehead atoms. The minimum absolute atomic E-state index is 0.0817. The number of ketones is 1. The van der Waals surface area contributed by atoms with Gasteiger partial charge in [0.05, 0.1) is 25.9 Å². The number of aliphatic hydroxyl groups excluding tert-OH is 2. The van der Waals surface area contributed by atoms with Crippen LogP contribution in [0.5, 0.6) is 0 Å². The second kappa shape index (κ2) is 11.4. The van der Waals surface area contributed by atoms with Gasteiger partial charge in [0.25, 0.3) is 5.91 Å². The molecule has 1 aliphatic heterocycles. The highest BCUT2D eigenvalue weighted by molar-refractivity contribution is 6.00. The van der Waals surface area contributed by atoms with Crippen LogP contribution < -0.4 is 10.6 Å². The van der Waals surface area contributed by atoms with Crippen molar-refractivity contribution in [3.8, 4) is 0 Å². The minimum atomic E-state index is -1.27. The number of hydrogen-bond acceptors (Lipinski definition) is 6. The van der Waals surface area contributed by atoms with Crippen LogP contribution in [-0.4, -0.2) is 65.3 Å². The fraction of sp³-hybridized carbons (Fsp3) is 0.423. The summed E-state index contributed by atoms with van der Waals surface area (Å²) in [7, 11) is 0. The largest absolute Gasteiger partial charge is 0.394 e. The first kappa shape index (κ1) is 25.6. The van der Waals surface area contributed by atoms with Crippen LogP contribution in [0.3, 0.4) is 0 Å². The summed E-state index contributed by atoms with van der Waals surface area (Å²) in [6.45, 7) is 2.81. The Morgan fingerprint density at radius 3 is 2.24 bits per heavy atom. The van der Waals surface area contributed by atoms with Crippen LogP contribution in [0.2, 0.25) is 0 Å². The highest BCUT2D eigenvalue weighted by Gasteiger charge is 2.54. The number of nitrogens with one attached hydrogen (secondary N) is 2. The van der Waals surface area contributed by atoms with Crippen LogP contribution in [0.1, 0.15) is 41.8 Å². The quantitative estimate of drug-likeness (QED) is 0.347. The number of amides is 2. The van der Waals surface area contributed by atoms with Gasteiger partial charge in [0.15, 0.2) is 11.4 Å². The Hall–Kier alpha value is -3.07. The summed E-state index contributed by atoms with van der Waals surface area (Å²) in [6, 6.07) is 14.8. The van der Waals surface area contributed by atoms with Crippen LogP contribution in [0.15, 0.2) is 54.6 Å². The van der Waals surface area contributed by atoms with Crippen molar-refractivity contribution in [2.75, 3.05) is 19.8 Å². The van der Waals surface area contributed by atoms with E-state index in [0.717, 1.165) is 11.1 Å². The van der Waals surface area contributed by atoms with Crippen molar-refractivity contribution in [2.45, 2.75) is 44.4 Å². The monoisotopic (exact) mass is 468 g/mol. The van der Waals surface area contributed by atoms with Crippen molar-refractivity contribution in [2.24, 2.45) is 5.92 Å². The normalized spacial score (nSPS) is 18.7. The lowest BCUT2D eigenvalue weighted by atomic mass is 9.92. The molecule has 3 rings (SSSR count). The molecule has 4 N–H and O–H groups in total. The number of rotatable bonds is 12. The van der Waals surface area contributed by atoms with Gasteiger partial charge in [0.1, 0.15) is 6.04 Å². The van der Waals surface area contributed by atoms with E-state index in [2.05, 4.69) is 10.6 Å². The number of benzene rings is 2. The Labute approximate surface area is 199 Å². The fourth-order valence-corrected chi connectivity index (χ4v) is 3.78. The van der Waals surface area contributed by atoms with E-state index in [-0.39, 0.29) is 12.5 Å². The molecule has 8 nitrogen and oxygen atoms in total. The minimum Gasteiger partial charge on any atom is -0.394 e. The van der Waals surface area contributed by atoms with Gasteiger partial charge in [-0.1, -0.05) is 56.3 Å². The Balaban J connectivity index is 1.66. The highest BCUT2D eigenvalue weighted by atomic mass is 16.6. The molecule has 182 valence electrons. The van der Waals surface area contributed by atoms with Gasteiger partial charge in [-0.25, -0.2) is 0 Å². The molecule has 3 atom stereocenters. The fourth-order valence-electron chi connectivity index (χ4n) is 3.78. The van der Waals surface area contributed by atoms with Crippen LogP contribution in [-0.2, 0) is 20.7 Å². The molecular weight excluding hydrogens is 436 g/mol. The molecule has 2 aromatic carbocycles. The zero-order valence-corrected chi connectivity index (χ0v) is 19.5. The van der Waals surface area contributed by atoms with E-state index >= 15 is 0 Å². The van der Waals surface area contributed by atoms with E-state index in [1.807, 2.05) is 50.2 Å². The SMILES string of the molecule is CC(C)CC(NC(=O)C(CO)NC(=O)c1cccc(Cc2ccccc2)c1)C(=O)C1(CO)CO1. The van der Waals surface area contributed by atoms with Crippen LogP contribution in [0.4, 0.5) is 0 Å². The first-order chi connectivity index (χ1) is 16.3. The first-order valence-corrected chi connectivity index (χ1v) is 11.4. The number of aliphatic hydroxyl groups is 2. The Morgan fingerprint density at radius 2 is 1.65 bits per heavy atom. The molecule has 0 aliphatic carbocycles. The molecule has 34 heavy (non-hydrogen) atoms. The molecule has 1 saturated heterocycles. The van der Waals surface area contributed by atoms with Gasteiger partial charge in [-0.15, -0.1) is 0 Å². The summed E-state index contributed by atoms with van der Waals surface area (Å²) in [4.78, 5) is 38.5. The number of epoxide rings is 1. The molecule has 0 aromatic heterocycles. The molecule has 0 saturated carbocycles. The van der Waals surface area contributed by atoms with Gasteiger partial charge in [-0.05, 0) is 42.0 Å². The molecule has 2 amide bonds. The van der Waals surface area contributed by atoms with E-state index in [0.29, 0.717) is 18.4 Å². The smallest absolute Gasteiger partial charge is 0.252 e. The van der Waals surface area contributed by atoms with Gasteiger partial charge in [-0.3, -0.25) is 14.4 Å². The summed E-state index contributed by atoms with van der Waals surface area (Å²) in [5.41, 5.74) is 1.13. The predicted octanol–water partition coefficient (Wildman–Crippen LogP) is 1.23. The Bertz CT molecular complexity index is 1000. The Kier molecular flexibility index (Phi) is 8.55. The lowest BCUT2D eigenvalue weighted by molar-refractivity contribution is -0.133. The molecule has 3 unspecified atom stereocenters. The molecule has 2 aromatic rings.